The molecule has 0 aliphatic rings. The number of benzene rings is 1. The third kappa shape index (κ3) is 3.93. The van der Waals surface area contributed by atoms with Crippen LogP contribution < -0.4 is 4.74 Å². The minimum Gasteiger partial charge on any atom is -0.464 e. The van der Waals surface area contributed by atoms with Gasteiger partial charge in [-0.05, 0) is 25.5 Å². The van der Waals surface area contributed by atoms with Crippen LogP contribution in [0.2, 0.25) is 5.02 Å². The van der Waals surface area contributed by atoms with E-state index in [1.54, 1.807) is 32.0 Å². The molecule has 2 aromatic rings. The summed E-state index contributed by atoms with van der Waals surface area (Å²) in [7, 11) is 0. The molecule has 0 N–H and O–H groups in total. The first-order chi connectivity index (χ1) is 10.1. The van der Waals surface area contributed by atoms with Crippen molar-refractivity contribution in [1.29, 1.82) is 0 Å². The molecule has 0 atom stereocenters. The summed E-state index contributed by atoms with van der Waals surface area (Å²) in [6, 6.07) is 5.00. The maximum Gasteiger partial charge on any atom is 0.217 e. The van der Waals surface area contributed by atoms with Crippen molar-refractivity contribution in [1.82, 2.24) is 9.97 Å². The minimum atomic E-state index is -0.305. The molecule has 0 unspecified atom stereocenters. The largest absolute Gasteiger partial charge is 0.464 e. The summed E-state index contributed by atoms with van der Waals surface area (Å²) in [6.07, 6.45) is 1.66. The van der Waals surface area contributed by atoms with E-state index in [4.69, 9.17) is 16.3 Å². The fourth-order valence-electron chi connectivity index (χ4n) is 1.79. The molecule has 0 spiro atoms. The third-order valence-corrected chi connectivity index (χ3v) is 3.26. The Bertz CT molecular complexity index is 707. The summed E-state index contributed by atoms with van der Waals surface area (Å²) in [5, 5.41) is 0.385. The van der Waals surface area contributed by atoms with Gasteiger partial charge in [0.15, 0.2) is 6.61 Å². The first-order valence-electron chi connectivity index (χ1n) is 6.38. The Hall–Kier alpha value is -2.12. The van der Waals surface area contributed by atoms with E-state index in [1.165, 1.54) is 6.33 Å². The van der Waals surface area contributed by atoms with Crippen molar-refractivity contribution in [3.05, 3.63) is 52.2 Å². The molecule has 1 heterocycles. The zero-order chi connectivity index (χ0) is 15.2. The van der Waals surface area contributed by atoms with E-state index in [0.29, 0.717) is 27.7 Å². The molecule has 3 nitrogen and oxygen atoms in total. The van der Waals surface area contributed by atoms with Gasteiger partial charge in [-0.1, -0.05) is 23.6 Å². The van der Waals surface area contributed by atoms with Gasteiger partial charge < -0.3 is 4.74 Å². The van der Waals surface area contributed by atoms with E-state index in [2.05, 4.69) is 21.8 Å². The molecule has 0 aliphatic carbocycles. The molecule has 21 heavy (non-hydrogen) atoms. The van der Waals surface area contributed by atoms with Crippen LogP contribution in [0.25, 0.3) is 0 Å². The van der Waals surface area contributed by atoms with Gasteiger partial charge in [0.05, 0.1) is 5.69 Å². The Labute approximate surface area is 128 Å². The molecular formula is C16H14ClFN2O. The van der Waals surface area contributed by atoms with Gasteiger partial charge in [0.1, 0.15) is 12.1 Å². The fraction of sp³-hybridized carbons (Fsp3) is 0.250. The van der Waals surface area contributed by atoms with Crippen LogP contribution in [0.1, 0.15) is 23.7 Å². The number of hydrogen-bond donors (Lipinski definition) is 0. The lowest BCUT2D eigenvalue weighted by Crippen LogP contribution is -2.02. The van der Waals surface area contributed by atoms with E-state index < -0.39 is 0 Å². The number of aromatic nitrogens is 2. The predicted molar refractivity (Wildman–Crippen MR) is 79.9 cm³/mol. The standard InChI is InChI=1S/C16H14ClFN2O/c1-3-4-7-21-15-9-12(19-10-20-15)8-13-14(17)6-5-11(2)16(13)18/h5-6,9-10H,7-8H2,1-2H3. The summed E-state index contributed by atoms with van der Waals surface area (Å²) >= 11 is 6.06. The molecular weight excluding hydrogens is 291 g/mol. The van der Waals surface area contributed by atoms with Crippen LogP contribution in [-0.4, -0.2) is 16.6 Å². The van der Waals surface area contributed by atoms with E-state index in [9.17, 15) is 4.39 Å². The van der Waals surface area contributed by atoms with Crippen molar-refractivity contribution in [2.75, 3.05) is 6.61 Å². The van der Waals surface area contributed by atoms with Gasteiger partial charge in [0.2, 0.25) is 5.88 Å². The molecule has 5 heteroatoms. The molecule has 108 valence electrons. The first kappa shape index (κ1) is 15.3. The summed E-state index contributed by atoms with van der Waals surface area (Å²) in [5.41, 5.74) is 1.61. The van der Waals surface area contributed by atoms with Crippen molar-refractivity contribution in [3.63, 3.8) is 0 Å². The highest BCUT2D eigenvalue weighted by atomic mass is 35.5. The zero-order valence-corrected chi connectivity index (χ0v) is 12.5. The lowest BCUT2D eigenvalue weighted by atomic mass is 10.1. The Morgan fingerprint density at radius 3 is 2.90 bits per heavy atom. The average Bonchev–Trinajstić information content (AvgIpc) is 2.48. The monoisotopic (exact) mass is 304 g/mol. The second-order valence-electron chi connectivity index (χ2n) is 4.40. The number of ether oxygens (including phenoxy) is 1. The van der Waals surface area contributed by atoms with Crippen LogP contribution >= 0.6 is 11.6 Å². The van der Waals surface area contributed by atoms with Crippen LogP contribution in [0.3, 0.4) is 0 Å². The molecule has 0 bridgehead atoms. The van der Waals surface area contributed by atoms with Crippen LogP contribution in [0, 0.1) is 24.6 Å². The van der Waals surface area contributed by atoms with Crippen LogP contribution in [0.15, 0.2) is 24.5 Å². The summed E-state index contributed by atoms with van der Waals surface area (Å²) in [4.78, 5) is 8.11. The topological polar surface area (TPSA) is 35.0 Å². The van der Waals surface area contributed by atoms with Crippen LogP contribution in [0.4, 0.5) is 4.39 Å². The highest BCUT2D eigenvalue weighted by Crippen LogP contribution is 2.24. The molecule has 0 amide bonds. The van der Waals surface area contributed by atoms with E-state index in [0.717, 1.165) is 0 Å². The highest BCUT2D eigenvalue weighted by molar-refractivity contribution is 6.31. The molecule has 0 fully saturated rings. The minimum absolute atomic E-state index is 0.256. The SMILES string of the molecule is CC#CCOc1cc(Cc2c(Cl)ccc(C)c2F)ncn1. The van der Waals surface area contributed by atoms with Crippen molar-refractivity contribution in [3.8, 4) is 17.7 Å². The average molecular weight is 305 g/mol. The van der Waals surface area contributed by atoms with Crippen LogP contribution in [-0.2, 0) is 6.42 Å². The lowest BCUT2D eigenvalue weighted by molar-refractivity contribution is 0.354. The van der Waals surface area contributed by atoms with Crippen LogP contribution in [0.5, 0.6) is 5.88 Å². The third-order valence-electron chi connectivity index (χ3n) is 2.90. The first-order valence-corrected chi connectivity index (χ1v) is 6.76. The quantitative estimate of drug-likeness (QED) is 0.810. The van der Waals surface area contributed by atoms with E-state index in [1.807, 2.05) is 0 Å². The summed E-state index contributed by atoms with van der Waals surface area (Å²) < 4.78 is 19.5. The van der Waals surface area contributed by atoms with Crippen molar-refractivity contribution in [2.45, 2.75) is 20.3 Å². The van der Waals surface area contributed by atoms with Gasteiger partial charge in [-0.3, -0.25) is 0 Å². The van der Waals surface area contributed by atoms with Crippen molar-refractivity contribution < 1.29 is 9.13 Å². The van der Waals surface area contributed by atoms with Crippen molar-refractivity contribution >= 4 is 11.6 Å². The van der Waals surface area contributed by atoms with E-state index >= 15 is 0 Å². The number of halogens is 2. The molecule has 0 saturated heterocycles. The maximum absolute atomic E-state index is 14.1. The smallest absolute Gasteiger partial charge is 0.217 e. The molecule has 0 aliphatic heterocycles. The Morgan fingerprint density at radius 1 is 1.33 bits per heavy atom. The zero-order valence-electron chi connectivity index (χ0n) is 11.8. The predicted octanol–water partition coefficient (Wildman–Crippen LogP) is 3.57. The van der Waals surface area contributed by atoms with Crippen molar-refractivity contribution in [2.24, 2.45) is 0 Å². The normalized spacial score (nSPS) is 9.90. The number of nitrogens with zero attached hydrogens (tertiary/aromatic N) is 2. The second-order valence-corrected chi connectivity index (χ2v) is 4.80. The number of rotatable bonds is 4. The Morgan fingerprint density at radius 2 is 2.14 bits per heavy atom. The summed E-state index contributed by atoms with van der Waals surface area (Å²) in [5.74, 6) is 5.61. The molecule has 2 rings (SSSR count). The van der Waals surface area contributed by atoms with Gasteiger partial charge >= 0.3 is 0 Å². The number of aryl methyl sites for hydroxylation is 1. The van der Waals surface area contributed by atoms with Gasteiger partial charge in [0, 0.05) is 23.1 Å². The molecule has 1 aromatic carbocycles. The van der Waals surface area contributed by atoms with Gasteiger partial charge in [0.25, 0.3) is 0 Å². The lowest BCUT2D eigenvalue weighted by Gasteiger charge is -2.08. The second kappa shape index (κ2) is 7.05. The molecule has 0 saturated carbocycles. The van der Waals surface area contributed by atoms with E-state index in [-0.39, 0.29) is 18.8 Å². The molecule has 1 aromatic heterocycles. The van der Waals surface area contributed by atoms with Gasteiger partial charge in [-0.25, -0.2) is 14.4 Å². The Balaban J connectivity index is 2.21. The number of hydrogen-bond acceptors (Lipinski definition) is 3. The maximum atomic E-state index is 14.1. The van der Waals surface area contributed by atoms with Gasteiger partial charge in [-0.15, -0.1) is 5.92 Å². The highest BCUT2D eigenvalue weighted by Gasteiger charge is 2.12. The van der Waals surface area contributed by atoms with Gasteiger partial charge in [-0.2, -0.15) is 0 Å². The fourth-order valence-corrected chi connectivity index (χ4v) is 2.01. The summed E-state index contributed by atoms with van der Waals surface area (Å²) in [6.45, 7) is 3.69. The molecule has 0 radical (unpaired) electrons. The Kier molecular flexibility index (Phi) is 5.13.